The molecule has 8 heteroatoms. The third-order valence-electron chi connectivity index (χ3n) is 6.30. The highest BCUT2D eigenvalue weighted by Crippen LogP contribution is 2.30. The fourth-order valence-corrected chi connectivity index (χ4v) is 4.27. The predicted octanol–water partition coefficient (Wildman–Crippen LogP) is 3.39. The number of aromatic amines is 2. The molecule has 0 aliphatic carbocycles. The molecule has 0 atom stereocenters. The molecule has 1 fully saturated rings. The first-order valence-electron chi connectivity index (χ1n) is 11.6. The maximum Gasteiger partial charge on any atom is 0.259 e. The largest absolute Gasteiger partial charge is 0.493 e. The molecule has 1 aliphatic heterocycles. The molecule has 4 aromatic rings. The molecule has 172 valence electrons. The number of ether oxygens (including phenoxy) is 1. The van der Waals surface area contributed by atoms with E-state index in [4.69, 9.17) is 9.72 Å². The van der Waals surface area contributed by atoms with Crippen molar-refractivity contribution in [2.75, 3.05) is 39.8 Å². The summed E-state index contributed by atoms with van der Waals surface area (Å²) < 4.78 is 6.10. The Bertz CT molecular complexity index is 1320. The van der Waals surface area contributed by atoms with E-state index in [-0.39, 0.29) is 5.56 Å². The molecular formula is C25H30N6O2. The molecule has 0 radical (unpaired) electrons. The van der Waals surface area contributed by atoms with Crippen molar-refractivity contribution < 1.29 is 4.74 Å². The van der Waals surface area contributed by atoms with Crippen LogP contribution in [0, 0.1) is 0 Å². The van der Waals surface area contributed by atoms with Crippen LogP contribution in [-0.2, 0) is 6.54 Å². The second-order valence-corrected chi connectivity index (χ2v) is 8.82. The molecular weight excluding hydrogens is 416 g/mol. The van der Waals surface area contributed by atoms with Crippen molar-refractivity contribution in [3.05, 3.63) is 52.6 Å². The highest BCUT2D eigenvalue weighted by molar-refractivity contribution is 5.93. The first-order chi connectivity index (χ1) is 16.1. The van der Waals surface area contributed by atoms with E-state index in [9.17, 15) is 4.79 Å². The lowest BCUT2D eigenvalue weighted by atomic mass is 10.1. The summed E-state index contributed by atoms with van der Waals surface area (Å²) in [5.41, 5.74) is 4.06. The van der Waals surface area contributed by atoms with Crippen molar-refractivity contribution in [3.63, 3.8) is 0 Å². The molecule has 5 rings (SSSR count). The quantitative estimate of drug-likeness (QED) is 0.423. The fourth-order valence-electron chi connectivity index (χ4n) is 4.27. The van der Waals surface area contributed by atoms with Crippen molar-refractivity contribution in [1.82, 2.24) is 29.7 Å². The lowest BCUT2D eigenvalue weighted by molar-refractivity contribution is 0.148. The van der Waals surface area contributed by atoms with E-state index >= 15 is 0 Å². The molecule has 1 saturated heterocycles. The van der Waals surface area contributed by atoms with E-state index in [0.29, 0.717) is 23.3 Å². The average molecular weight is 447 g/mol. The minimum absolute atomic E-state index is 0.171. The molecule has 2 N–H and O–H groups in total. The number of unbranched alkanes of at least 4 members (excludes halogenated alkanes) is 1. The molecule has 8 nitrogen and oxygen atoms in total. The summed E-state index contributed by atoms with van der Waals surface area (Å²) in [7, 11) is 2.16. The van der Waals surface area contributed by atoms with Crippen LogP contribution in [0.1, 0.15) is 25.3 Å². The summed E-state index contributed by atoms with van der Waals surface area (Å²) in [6, 6.07) is 9.89. The monoisotopic (exact) mass is 446 g/mol. The highest BCUT2D eigenvalue weighted by Gasteiger charge is 2.17. The zero-order valence-electron chi connectivity index (χ0n) is 19.2. The second kappa shape index (κ2) is 9.33. The molecule has 2 aromatic heterocycles. The van der Waals surface area contributed by atoms with E-state index in [1.54, 1.807) is 12.4 Å². The first-order valence-corrected chi connectivity index (χ1v) is 11.6. The van der Waals surface area contributed by atoms with Crippen LogP contribution in [0.5, 0.6) is 5.75 Å². The lowest BCUT2D eigenvalue weighted by Crippen LogP contribution is -2.43. The van der Waals surface area contributed by atoms with Gasteiger partial charge in [0.05, 0.1) is 40.4 Å². The number of likely N-dealkylation sites (N-methyl/N-ethyl adjacent to an activating group) is 1. The van der Waals surface area contributed by atoms with Crippen LogP contribution >= 0.6 is 0 Å². The van der Waals surface area contributed by atoms with E-state index < -0.39 is 0 Å². The van der Waals surface area contributed by atoms with Gasteiger partial charge in [0, 0.05) is 32.7 Å². The minimum atomic E-state index is -0.171. The number of piperazine rings is 1. The van der Waals surface area contributed by atoms with Gasteiger partial charge in [-0.25, -0.2) is 9.97 Å². The Morgan fingerprint density at radius 1 is 1.09 bits per heavy atom. The second-order valence-electron chi connectivity index (χ2n) is 8.82. The molecule has 0 bridgehead atoms. The Kier molecular flexibility index (Phi) is 6.11. The van der Waals surface area contributed by atoms with Gasteiger partial charge in [-0.3, -0.25) is 9.69 Å². The van der Waals surface area contributed by atoms with Crippen LogP contribution < -0.4 is 10.3 Å². The van der Waals surface area contributed by atoms with Gasteiger partial charge in [-0.15, -0.1) is 0 Å². The number of hydrogen-bond donors (Lipinski definition) is 2. The van der Waals surface area contributed by atoms with Crippen molar-refractivity contribution in [1.29, 1.82) is 0 Å². The van der Waals surface area contributed by atoms with Crippen molar-refractivity contribution in [2.45, 2.75) is 26.3 Å². The molecule has 0 amide bonds. The number of rotatable bonds is 7. The Hall–Kier alpha value is -3.23. The van der Waals surface area contributed by atoms with Crippen LogP contribution in [0.2, 0.25) is 0 Å². The van der Waals surface area contributed by atoms with Crippen LogP contribution in [-0.4, -0.2) is 69.6 Å². The SMILES string of the molecule is CCCCOc1ccc(CN2CCN(C)CC2)cc1-c1nc2cc3nc[nH]c3cc2c(=O)[nH]1. The number of H-pyrrole nitrogens is 2. The number of aromatic nitrogens is 4. The lowest BCUT2D eigenvalue weighted by Gasteiger charge is -2.32. The first kappa shape index (κ1) is 21.6. The zero-order chi connectivity index (χ0) is 22.8. The molecule has 33 heavy (non-hydrogen) atoms. The number of imidazole rings is 1. The Morgan fingerprint density at radius 2 is 1.94 bits per heavy atom. The van der Waals surface area contributed by atoms with Gasteiger partial charge in [-0.05, 0) is 43.3 Å². The van der Waals surface area contributed by atoms with Gasteiger partial charge in [0.1, 0.15) is 11.6 Å². The summed E-state index contributed by atoms with van der Waals surface area (Å²) >= 11 is 0. The number of nitrogens with one attached hydrogen (secondary N) is 2. The van der Waals surface area contributed by atoms with Gasteiger partial charge in [-0.1, -0.05) is 19.4 Å². The van der Waals surface area contributed by atoms with Gasteiger partial charge in [-0.2, -0.15) is 0 Å². The van der Waals surface area contributed by atoms with E-state index in [1.165, 1.54) is 5.56 Å². The number of hydrogen-bond acceptors (Lipinski definition) is 6. The Balaban J connectivity index is 1.54. The summed E-state index contributed by atoms with van der Waals surface area (Å²) in [6.07, 6.45) is 3.66. The third-order valence-corrected chi connectivity index (χ3v) is 6.30. The molecule has 0 saturated carbocycles. The van der Waals surface area contributed by atoms with Gasteiger partial charge >= 0.3 is 0 Å². The van der Waals surface area contributed by atoms with Crippen molar-refractivity contribution in [2.24, 2.45) is 0 Å². The van der Waals surface area contributed by atoms with Crippen molar-refractivity contribution >= 4 is 21.9 Å². The standard InChI is InChI=1S/C25H30N6O2/c1-3-4-11-33-23-6-5-17(15-31-9-7-30(2)8-10-31)12-19(23)24-28-20-14-22-21(26-16-27-22)13-18(20)25(32)29-24/h5-6,12-14,16H,3-4,7-11,15H2,1-2H3,(H,26,27)(H,28,29,32). The van der Waals surface area contributed by atoms with E-state index in [2.05, 4.69) is 50.9 Å². The smallest absolute Gasteiger partial charge is 0.259 e. The number of benzene rings is 2. The van der Waals surface area contributed by atoms with Crippen LogP contribution in [0.15, 0.2) is 41.5 Å². The predicted molar refractivity (Wildman–Crippen MR) is 131 cm³/mol. The van der Waals surface area contributed by atoms with Crippen LogP contribution in [0.3, 0.4) is 0 Å². The van der Waals surface area contributed by atoms with Gasteiger partial charge < -0.3 is 19.6 Å². The summed E-state index contributed by atoms with van der Waals surface area (Å²) in [6.45, 7) is 7.88. The van der Waals surface area contributed by atoms with Crippen molar-refractivity contribution in [3.8, 4) is 17.1 Å². The molecule has 2 aromatic carbocycles. The summed E-state index contributed by atoms with van der Waals surface area (Å²) in [5, 5.41) is 0.539. The summed E-state index contributed by atoms with van der Waals surface area (Å²) in [4.78, 5) is 32.9. The van der Waals surface area contributed by atoms with E-state index in [0.717, 1.165) is 67.9 Å². The Labute approximate surface area is 192 Å². The molecule has 0 spiro atoms. The Morgan fingerprint density at radius 3 is 2.76 bits per heavy atom. The maximum atomic E-state index is 13.0. The maximum absolute atomic E-state index is 13.0. The normalized spacial score (nSPS) is 15.5. The molecule has 0 unspecified atom stereocenters. The topological polar surface area (TPSA) is 90.1 Å². The van der Waals surface area contributed by atoms with E-state index in [1.807, 2.05) is 12.1 Å². The van der Waals surface area contributed by atoms with Gasteiger partial charge in [0.15, 0.2) is 0 Å². The van der Waals surface area contributed by atoms with Crippen LogP contribution in [0.25, 0.3) is 33.3 Å². The minimum Gasteiger partial charge on any atom is -0.493 e. The number of nitrogens with zero attached hydrogens (tertiary/aromatic N) is 4. The number of fused-ring (bicyclic) bond motifs is 2. The summed E-state index contributed by atoms with van der Waals surface area (Å²) in [5.74, 6) is 1.27. The fraction of sp³-hybridized carbons (Fsp3) is 0.400. The highest BCUT2D eigenvalue weighted by atomic mass is 16.5. The molecule has 3 heterocycles. The average Bonchev–Trinajstić information content (AvgIpc) is 3.28. The molecule has 1 aliphatic rings. The van der Waals surface area contributed by atoms with Crippen LogP contribution in [0.4, 0.5) is 0 Å². The van der Waals surface area contributed by atoms with Gasteiger partial charge in [0.2, 0.25) is 0 Å². The zero-order valence-corrected chi connectivity index (χ0v) is 19.2. The van der Waals surface area contributed by atoms with Gasteiger partial charge in [0.25, 0.3) is 5.56 Å². The third kappa shape index (κ3) is 4.62.